The Hall–Kier alpha value is -2.88. The van der Waals surface area contributed by atoms with Crippen LogP contribution in [-0.4, -0.2) is 4.98 Å². The van der Waals surface area contributed by atoms with Crippen molar-refractivity contribution in [3.63, 3.8) is 0 Å². The molecule has 3 rings (SSSR count). The molecule has 0 unspecified atom stereocenters. The van der Waals surface area contributed by atoms with Gasteiger partial charge in [0.1, 0.15) is 0 Å². The molecule has 0 amide bonds. The van der Waals surface area contributed by atoms with Crippen molar-refractivity contribution in [3.8, 4) is 0 Å². The fourth-order valence-corrected chi connectivity index (χ4v) is 2.02. The van der Waals surface area contributed by atoms with E-state index < -0.39 is 0 Å². The van der Waals surface area contributed by atoms with E-state index in [0.717, 1.165) is 5.69 Å². The molecule has 0 spiro atoms. The zero-order chi connectivity index (χ0) is 14.5. The molecule has 1 heterocycles. The van der Waals surface area contributed by atoms with E-state index in [1.165, 1.54) is 0 Å². The summed E-state index contributed by atoms with van der Waals surface area (Å²) in [6, 6.07) is 22.0. The van der Waals surface area contributed by atoms with Crippen molar-refractivity contribution >= 4 is 22.9 Å². The van der Waals surface area contributed by atoms with Crippen molar-refractivity contribution in [1.29, 1.82) is 0 Å². The first-order valence-corrected chi connectivity index (χ1v) is 6.62. The molecule has 2 aromatic carbocycles. The Balaban J connectivity index is 1.93. The summed E-state index contributed by atoms with van der Waals surface area (Å²) in [7, 11) is 0. The van der Waals surface area contributed by atoms with Crippen LogP contribution in [0.15, 0.2) is 79.0 Å². The van der Waals surface area contributed by atoms with E-state index in [0.29, 0.717) is 16.5 Å². The molecule has 1 aromatic heterocycles. The first kappa shape index (κ1) is 13.1. The molecule has 0 radical (unpaired) electrons. The molecule has 0 aliphatic rings. The van der Waals surface area contributed by atoms with Crippen LogP contribution in [0.1, 0.15) is 0 Å². The Morgan fingerprint density at radius 1 is 0.810 bits per heavy atom. The van der Waals surface area contributed by atoms with Crippen molar-refractivity contribution in [2.24, 2.45) is 0 Å². The van der Waals surface area contributed by atoms with Gasteiger partial charge in [-0.2, -0.15) is 5.12 Å². The Morgan fingerprint density at radius 3 is 2.29 bits per heavy atom. The second-order valence-electron chi connectivity index (χ2n) is 4.48. The number of rotatable bonds is 4. The summed E-state index contributed by atoms with van der Waals surface area (Å²) in [6.45, 7) is 0. The van der Waals surface area contributed by atoms with E-state index in [1.54, 1.807) is 36.5 Å². The third kappa shape index (κ3) is 3.00. The topological polar surface area (TPSA) is 28.2 Å². The summed E-state index contributed by atoms with van der Waals surface area (Å²) >= 11 is 0. The molecule has 3 aromatic rings. The monoisotopic (exact) mass is 279 g/mol. The second kappa shape index (κ2) is 6.05. The molecular formula is C17H14FN3. The number of nitrogens with zero attached hydrogens (tertiary/aromatic N) is 2. The number of pyridine rings is 1. The van der Waals surface area contributed by atoms with Crippen LogP contribution in [0, 0.1) is 0 Å². The lowest BCUT2D eigenvalue weighted by Gasteiger charge is -2.17. The largest absolute Gasteiger partial charge is 0.354 e. The summed E-state index contributed by atoms with van der Waals surface area (Å²) in [5.74, 6) is 0.250. The lowest BCUT2D eigenvalue weighted by atomic mass is 10.2. The number of hydrogen-bond donors (Lipinski definition) is 1. The summed E-state index contributed by atoms with van der Waals surface area (Å²) in [6.07, 6.45) is 1.56. The van der Waals surface area contributed by atoms with Gasteiger partial charge in [0, 0.05) is 11.9 Å². The Bertz CT molecular complexity index is 701. The van der Waals surface area contributed by atoms with E-state index in [-0.39, 0.29) is 5.82 Å². The van der Waals surface area contributed by atoms with Crippen LogP contribution in [-0.2, 0) is 0 Å². The fourth-order valence-electron chi connectivity index (χ4n) is 2.02. The molecule has 21 heavy (non-hydrogen) atoms. The van der Waals surface area contributed by atoms with E-state index >= 15 is 0 Å². The van der Waals surface area contributed by atoms with Gasteiger partial charge in [0.25, 0.3) is 0 Å². The predicted octanol–water partition coefficient (Wildman–Crippen LogP) is 4.85. The lowest BCUT2D eigenvalue weighted by Crippen LogP contribution is -2.07. The van der Waals surface area contributed by atoms with E-state index in [2.05, 4.69) is 10.3 Å². The van der Waals surface area contributed by atoms with E-state index in [4.69, 9.17) is 0 Å². The molecule has 3 nitrogen and oxygen atoms in total. The summed E-state index contributed by atoms with van der Waals surface area (Å²) < 4.78 is 14.6. The van der Waals surface area contributed by atoms with Crippen LogP contribution in [0.2, 0.25) is 0 Å². The maximum Gasteiger partial charge on any atom is 0.163 e. The maximum atomic E-state index is 14.6. The minimum Gasteiger partial charge on any atom is -0.354 e. The highest BCUT2D eigenvalue weighted by atomic mass is 19.2. The van der Waals surface area contributed by atoms with Gasteiger partial charge in [0.15, 0.2) is 5.82 Å². The number of para-hydroxylation sites is 3. The standard InChI is InChI=1S/C17H14FN3/c18-21(17-12-6-7-13-19-17)16-11-5-4-10-15(16)20-14-8-2-1-3-9-14/h1-13,20H. The highest BCUT2D eigenvalue weighted by Gasteiger charge is 2.13. The highest BCUT2D eigenvalue weighted by Crippen LogP contribution is 2.32. The molecule has 0 bridgehead atoms. The van der Waals surface area contributed by atoms with Gasteiger partial charge >= 0.3 is 0 Å². The average Bonchev–Trinajstić information content (AvgIpc) is 2.56. The Kier molecular flexibility index (Phi) is 3.78. The number of anilines is 4. The van der Waals surface area contributed by atoms with E-state index in [1.807, 2.05) is 42.5 Å². The normalized spacial score (nSPS) is 10.1. The number of aromatic nitrogens is 1. The SMILES string of the molecule is FN(c1ccccn1)c1ccccc1Nc1ccccc1. The molecule has 0 aliphatic carbocycles. The molecule has 0 saturated carbocycles. The molecule has 104 valence electrons. The summed E-state index contributed by atoms with van der Waals surface area (Å²) in [5.41, 5.74) is 2.00. The van der Waals surface area contributed by atoms with Gasteiger partial charge in [-0.1, -0.05) is 40.9 Å². The van der Waals surface area contributed by atoms with Crippen molar-refractivity contribution < 1.29 is 4.48 Å². The molecule has 0 saturated heterocycles. The van der Waals surface area contributed by atoms with Crippen LogP contribution in [0.4, 0.5) is 27.4 Å². The van der Waals surface area contributed by atoms with Crippen LogP contribution in [0.5, 0.6) is 0 Å². The lowest BCUT2D eigenvalue weighted by molar-refractivity contribution is 0.500. The fraction of sp³-hybridized carbons (Fsp3) is 0. The van der Waals surface area contributed by atoms with E-state index in [9.17, 15) is 4.48 Å². The number of halogens is 1. The van der Waals surface area contributed by atoms with Crippen LogP contribution < -0.4 is 10.4 Å². The molecule has 0 aliphatic heterocycles. The van der Waals surface area contributed by atoms with Crippen LogP contribution >= 0.6 is 0 Å². The van der Waals surface area contributed by atoms with Crippen molar-refractivity contribution in [2.75, 3.05) is 10.4 Å². The molecule has 0 atom stereocenters. The minimum atomic E-state index is 0.250. The molecular weight excluding hydrogens is 265 g/mol. The van der Waals surface area contributed by atoms with Crippen LogP contribution in [0.25, 0.3) is 0 Å². The van der Waals surface area contributed by atoms with Crippen molar-refractivity contribution in [2.45, 2.75) is 0 Å². The minimum absolute atomic E-state index is 0.250. The zero-order valence-electron chi connectivity index (χ0n) is 11.3. The quantitative estimate of drug-likeness (QED) is 0.692. The maximum absolute atomic E-state index is 14.6. The Morgan fingerprint density at radius 2 is 1.52 bits per heavy atom. The molecule has 4 heteroatoms. The first-order chi connectivity index (χ1) is 10.3. The van der Waals surface area contributed by atoms with Crippen molar-refractivity contribution in [3.05, 3.63) is 79.0 Å². The number of benzene rings is 2. The van der Waals surface area contributed by atoms with Gasteiger partial charge in [-0.05, 0) is 36.4 Å². The average molecular weight is 279 g/mol. The second-order valence-corrected chi connectivity index (χ2v) is 4.48. The van der Waals surface area contributed by atoms with Gasteiger partial charge in [0.05, 0.1) is 11.4 Å². The van der Waals surface area contributed by atoms with Gasteiger partial charge in [-0.3, -0.25) is 0 Å². The smallest absolute Gasteiger partial charge is 0.163 e. The number of nitrogens with one attached hydrogen (secondary N) is 1. The van der Waals surface area contributed by atoms with Crippen LogP contribution in [0.3, 0.4) is 0 Å². The molecule has 1 N–H and O–H groups in total. The Labute approximate surface area is 122 Å². The number of hydrogen-bond acceptors (Lipinski definition) is 3. The van der Waals surface area contributed by atoms with Gasteiger partial charge in [-0.25, -0.2) is 4.98 Å². The highest BCUT2D eigenvalue weighted by molar-refractivity contribution is 5.77. The molecule has 0 fully saturated rings. The summed E-state index contributed by atoms with van der Waals surface area (Å²) in [5, 5.41) is 3.79. The van der Waals surface area contributed by atoms with Crippen molar-refractivity contribution in [1.82, 2.24) is 4.98 Å². The zero-order valence-corrected chi connectivity index (χ0v) is 11.3. The first-order valence-electron chi connectivity index (χ1n) is 6.62. The van der Waals surface area contributed by atoms with Gasteiger partial charge < -0.3 is 5.32 Å². The van der Waals surface area contributed by atoms with Gasteiger partial charge in [0.2, 0.25) is 0 Å². The third-order valence-corrected chi connectivity index (χ3v) is 3.02. The predicted molar refractivity (Wildman–Crippen MR) is 83.7 cm³/mol. The summed E-state index contributed by atoms with van der Waals surface area (Å²) in [4.78, 5) is 4.03. The van der Waals surface area contributed by atoms with Gasteiger partial charge in [-0.15, -0.1) is 0 Å². The third-order valence-electron chi connectivity index (χ3n) is 3.02.